The molecule has 1 fully saturated rings. The summed E-state index contributed by atoms with van der Waals surface area (Å²) >= 11 is 7.49. The molecule has 1 aliphatic heterocycles. The molecule has 1 atom stereocenters. The molecule has 0 aliphatic carbocycles. The number of piperidine rings is 1. The minimum Gasteiger partial charge on any atom is -0.492 e. The monoisotopic (exact) mass is 390 g/mol. The molecule has 6 nitrogen and oxygen atoms in total. The van der Waals surface area contributed by atoms with Crippen LogP contribution >= 0.6 is 22.9 Å². The van der Waals surface area contributed by atoms with E-state index >= 15 is 0 Å². The number of aromatic hydroxyl groups is 1. The molecular formula is C18H19ClN4O2S. The SMILES string of the molecule is CCc1nc2sc(C(c3ccc(Cl)cc3)N3CCC(=O)CC3)c(O)n2n1. The number of likely N-dealkylation sites (tertiary alicyclic amines) is 1. The minimum absolute atomic E-state index is 0.119. The number of aryl methyl sites for hydroxylation is 1. The van der Waals surface area contributed by atoms with Crippen LogP contribution in [0, 0.1) is 0 Å². The van der Waals surface area contributed by atoms with Gasteiger partial charge in [0.1, 0.15) is 5.78 Å². The molecule has 0 spiro atoms. The molecule has 26 heavy (non-hydrogen) atoms. The average molecular weight is 391 g/mol. The van der Waals surface area contributed by atoms with Crippen LogP contribution < -0.4 is 0 Å². The Labute approximate surface area is 160 Å². The van der Waals surface area contributed by atoms with Crippen LogP contribution in [0.5, 0.6) is 5.88 Å². The molecular weight excluding hydrogens is 372 g/mol. The van der Waals surface area contributed by atoms with E-state index in [2.05, 4.69) is 15.0 Å². The maximum absolute atomic E-state index is 11.7. The Hall–Kier alpha value is -1.96. The second-order valence-electron chi connectivity index (χ2n) is 6.39. The molecule has 3 heterocycles. The fourth-order valence-electron chi connectivity index (χ4n) is 3.32. The van der Waals surface area contributed by atoms with Gasteiger partial charge in [0.05, 0.1) is 10.9 Å². The number of hydrogen-bond donors (Lipinski definition) is 1. The van der Waals surface area contributed by atoms with Crippen molar-refractivity contribution in [2.75, 3.05) is 13.1 Å². The summed E-state index contributed by atoms with van der Waals surface area (Å²) in [5, 5.41) is 15.9. The van der Waals surface area contributed by atoms with Gasteiger partial charge in [0, 0.05) is 37.4 Å². The van der Waals surface area contributed by atoms with Crippen LogP contribution in [0.15, 0.2) is 24.3 Å². The van der Waals surface area contributed by atoms with Gasteiger partial charge >= 0.3 is 0 Å². The molecule has 0 saturated carbocycles. The number of ketones is 1. The zero-order valence-corrected chi connectivity index (χ0v) is 15.9. The maximum atomic E-state index is 11.7. The Kier molecular flexibility index (Phi) is 4.69. The second kappa shape index (κ2) is 6.98. The molecule has 2 aromatic heterocycles. The molecule has 0 radical (unpaired) electrons. The first-order chi connectivity index (χ1) is 12.6. The molecule has 1 saturated heterocycles. The molecule has 3 aromatic rings. The summed E-state index contributed by atoms with van der Waals surface area (Å²) in [5.41, 5.74) is 1.03. The predicted octanol–water partition coefficient (Wildman–Crippen LogP) is 3.47. The summed E-state index contributed by atoms with van der Waals surface area (Å²) < 4.78 is 1.51. The van der Waals surface area contributed by atoms with Gasteiger partial charge in [-0.1, -0.05) is 42.0 Å². The number of hydrogen-bond acceptors (Lipinski definition) is 6. The number of benzene rings is 1. The number of rotatable bonds is 4. The third-order valence-corrected chi connectivity index (χ3v) is 6.04. The van der Waals surface area contributed by atoms with Crippen LogP contribution in [0.3, 0.4) is 0 Å². The highest BCUT2D eigenvalue weighted by Gasteiger charge is 2.31. The Morgan fingerprint density at radius 3 is 2.58 bits per heavy atom. The third-order valence-electron chi connectivity index (χ3n) is 4.71. The van der Waals surface area contributed by atoms with E-state index in [1.54, 1.807) is 0 Å². The maximum Gasteiger partial charge on any atom is 0.230 e. The van der Waals surface area contributed by atoms with E-state index in [0.717, 1.165) is 16.9 Å². The van der Waals surface area contributed by atoms with E-state index in [1.165, 1.54) is 15.9 Å². The average Bonchev–Trinajstić information content (AvgIpc) is 3.18. The third kappa shape index (κ3) is 3.11. The lowest BCUT2D eigenvalue weighted by Gasteiger charge is -2.33. The van der Waals surface area contributed by atoms with Gasteiger partial charge in [0.25, 0.3) is 0 Å². The number of nitrogens with zero attached hydrogens (tertiary/aromatic N) is 4. The highest BCUT2D eigenvalue weighted by atomic mass is 35.5. The van der Waals surface area contributed by atoms with E-state index in [4.69, 9.17) is 11.6 Å². The van der Waals surface area contributed by atoms with Crippen molar-refractivity contribution in [2.24, 2.45) is 0 Å². The topological polar surface area (TPSA) is 70.7 Å². The fraction of sp³-hybridized carbons (Fsp3) is 0.389. The van der Waals surface area contributed by atoms with Crippen molar-refractivity contribution in [3.8, 4) is 5.88 Å². The lowest BCUT2D eigenvalue weighted by molar-refractivity contribution is -0.121. The molecule has 1 unspecified atom stereocenters. The zero-order valence-electron chi connectivity index (χ0n) is 14.4. The summed E-state index contributed by atoms with van der Waals surface area (Å²) in [6.07, 6.45) is 1.79. The van der Waals surface area contributed by atoms with Gasteiger partial charge in [-0.3, -0.25) is 9.69 Å². The second-order valence-corrected chi connectivity index (χ2v) is 7.84. The smallest absolute Gasteiger partial charge is 0.230 e. The van der Waals surface area contributed by atoms with Crippen molar-refractivity contribution >= 4 is 33.7 Å². The first kappa shape index (κ1) is 17.5. The summed E-state index contributed by atoms with van der Waals surface area (Å²) in [6, 6.07) is 7.48. The number of halogens is 1. The molecule has 1 aliphatic rings. The Bertz CT molecular complexity index is 940. The summed E-state index contributed by atoms with van der Waals surface area (Å²) in [4.78, 5) is 19.9. The molecule has 136 valence electrons. The van der Waals surface area contributed by atoms with Gasteiger partial charge in [-0.2, -0.15) is 4.52 Å². The number of aromatic nitrogens is 3. The van der Waals surface area contributed by atoms with Crippen molar-refractivity contribution in [3.63, 3.8) is 0 Å². The predicted molar refractivity (Wildman–Crippen MR) is 101 cm³/mol. The summed E-state index contributed by atoms with van der Waals surface area (Å²) in [7, 11) is 0. The highest BCUT2D eigenvalue weighted by Crippen LogP contribution is 2.40. The summed E-state index contributed by atoms with van der Waals surface area (Å²) in [5.74, 6) is 1.12. The number of Topliss-reactive ketones (excluding diaryl/α,β-unsaturated/α-hetero) is 1. The van der Waals surface area contributed by atoms with Gasteiger partial charge in [0.15, 0.2) is 5.82 Å². The first-order valence-corrected chi connectivity index (χ1v) is 9.84. The number of thiazole rings is 1. The molecule has 8 heteroatoms. The van der Waals surface area contributed by atoms with E-state index in [1.807, 2.05) is 31.2 Å². The Morgan fingerprint density at radius 2 is 1.96 bits per heavy atom. The Balaban J connectivity index is 1.79. The molecule has 1 N–H and O–H groups in total. The lowest BCUT2D eigenvalue weighted by Crippen LogP contribution is -2.37. The first-order valence-electron chi connectivity index (χ1n) is 8.65. The van der Waals surface area contributed by atoms with Crippen molar-refractivity contribution in [2.45, 2.75) is 32.2 Å². The van der Waals surface area contributed by atoms with Crippen molar-refractivity contribution < 1.29 is 9.90 Å². The normalized spacial score (nSPS) is 17.1. The van der Waals surface area contributed by atoms with E-state index in [9.17, 15) is 9.90 Å². The van der Waals surface area contributed by atoms with Gasteiger partial charge in [-0.15, -0.1) is 5.10 Å². The van der Waals surface area contributed by atoms with Crippen molar-refractivity contribution in [3.05, 3.63) is 45.6 Å². The molecule has 4 rings (SSSR count). The van der Waals surface area contributed by atoms with E-state index < -0.39 is 0 Å². The van der Waals surface area contributed by atoms with E-state index in [0.29, 0.717) is 41.7 Å². The standard InChI is InChI=1S/C18H19ClN4O2S/c1-2-14-20-18-23(21-14)17(25)16(26-18)15(11-3-5-12(19)6-4-11)22-9-7-13(24)8-10-22/h3-6,15,25H,2,7-10H2,1H3. The van der Waals surface area contributed by atoms with Gasteiger partial charge in [-0.25, -0.2) is 4.98 Å². The largest absolute Gasteiger partial charge is 0.492 e. The van der Waals surface area contributed by atoms with Crippen LogP contribution in [-0.2, 0) is 11.2 Å². The van der Waals surface area contributed by atoms with Crippen LogP contribution in [0.2, 0.25) is 5.02 Å². The van der Waals surface area contributed by atoms with Crippen molar-refractivity contribution in [1.29, 1.82) is 0 Å². The van der Waals surface area contributed by atoms with Crippen LogP contribution in [0.25, 0.3) is 4.96 Å². The molecule has 0 bridgehead atoms. The molecule has 1 aromatic carbocycles. The molecule has 0 amide bonds. The number of carbonyl (C=O) groups excluding carboxylic acids is 1. The number of carbonyl (C=O) groups is 1. The quantitative estimate of drug-likeness (QED) is 0.738. The lowest BCUT2D eigenvalue weighted by atomic mass is 10.00. The van der Waals surface area contributed by atoms with Gasteiger partial charge < -0.3 is 5.11 Å². The van der Waals surface area contributed by atoms with Crippen LogP contribution in [0.4, 0.5) is 0 Å². The van der Waals surface area contributed by atoms with Crippen molar-refractivity contribution in [1.82, 2.24) is 19.5 Å². The van der Waals surface area contributed by atoms with Crippen LogP contribution in [-0.4, -0.2) is 43.5 Å². The van der Waals surface area contributed by atoms with Gasteiger partial charge in [0.2, 0.25) is 10.8 Å². The van der Waals surface area contributed by atoms with E-state index in [-0.39, 0.29) is 17.7 Å². The number of fused-ring (bicyclic) bond motifs is 1. The highest BCUT2D eigenvalue weighted by molar-refractivity contribution is 7.17. The zero-order chi connectivity index (χ0) is 18.3. The summed E-state index contributed by atoms with van der Waals surface area (Å²) in [6.45, 7) is 3.32. The fourth-order valence-corrected chi connectivity index (χ4v) is 4.59. The Morgan fingerprint density at radius 1 is 1.27 bits per heavy atom. The van der Waals surface area contributed by atoms with Gasteiger partial charge in [-0.05, 0) is 17.7 Å². The van der Waals surface area contributed by atoms with Crippen LogP contribution in [0.1, 0.15) is 42.1 Å². The minimum atomic E-state index is -0.154.